The monoisotopic (exact) mass is 227 g/mol. The van der Waals surface area contributed by atoms with Gasteiger partial charge < -0.3 is 10.4 Å². The molecule has 4 heteroatoms. The highest BCUT2D eigenvalue weighted by atomic mass is 19.1. The van der Waals surface area contributed by atoms with Gasteiger partial charge in [-0.15, -0.1) is 0 Å². The first-order valence-electron chi connectivity index (χ1n) is 5.46. The molecule has 88 valence electrons. The first-order valence-corrected chi connectivity index (χ1v) is 5.46. The molecule has 0 heterocycles. The van der Waals surface area contributed by atoms with Gasteiger partial charge in [0.25, 0.3) is 0 Å². The molecule has 2 N–H and O–H groups in total. The molecule has 1 fully saturated rings. The van der Waals surface area contributed by atoms with Crippen molar-refractivity contribution in [3.05, 3.63) is 29.3 Å². The minimum absolute atomic E-state index is 0.436. The van der Waals surface area contributed by atoms with Crippen LogP contribution in [-0.4, -0.2) is 11.1 Å². The number of aromatic hydroxyl groups is 1. The second-order valence-electron chi connectivity index (χ2n) is 4.56. The highest BCUT2D eigenvalue weighted by molar-refractivity contribution is 5.30. The maximum atomic E-state index is 13.0. The van der Waals surface area contributed by atoms with Crippen molar-refractivity contribution in [1.82, 2.24) is 5.32 Å². The molecule has 2 nitrogen and oxygen atoms in total. The van der Waals surface area contributed by atoms with Crippen LogP contribution >= 0.6 is 0 Å². The minimum atomic E-state index is -0.904. The third-order valence-corrected chi connectivity index (χ3v) is 3.05. The number of hydrogen-bond donors (Lipinski definition) is 2. The Kier molecular flexibility index (Phi) is 3.10. The average Bonchev–Trinajstić information content (AvgIpc) is 2.19. The van der Waals surface area contributed by atoms with E-state index in [9.17, 15) is 8.78 Å². The normalized spacial score (nSPS) is 24.2. The van der Waals surface area contributed by atoms with Crippen LogP contribution < -0.4 is 5.32 Å². The Morgan fingerprint density at radius 2 is 1.88 bits per heavy atom. The Morgan fingerprint density at radius 3 is 2.38 bits per heavy atom. The van der Waals surface area contributed by atoms with E-state index in [1.807, 2.05) is 0 Å². The number of rotatable bonds is 3. The lowest BCUT2D eigenvalue weighted by atomic mass is 9.82. The molecule has 1 saturated carbocycles. The highest BCUT2D eigenvalue weighted by Gasteiger charge is 2.24. The summed E-state index contributed by atoms with van der Waals surface area (Å²) in [6.45, 7) is 2.61. The summed E-state index contributed by atoms with van der Waals surface area (Å²) >= 11 is 0. The predicted molar refractivity (Wildman–Crippen MR) is 57.0 cm³/mol. The van der Waals surface area contributed by atoms with E-state index in [4.69, 9.17) is 5.11 Å². The summed E-state index contributed by atoms with van der Waals surface area (Å²) in [5.41, 5.74) is 0.521. The van der Waals surface area contributed by atoms with Gasteiger partial charge in [0, 0.05) is 12.6 Å². The van der Waals surface area contributed by atoms with Gasteiger partial charge in [-0.05, 0) is 36.5 Å². The Hall–Kier alpha value is -1.16. The molecule has 0 spiro atoms. The fourth-order valence-corrected chi connectivity index (χ4v) is 2.05. The Labute approximate surface area is 93.3 Å². The van der Waals surface area contributed by atoms with Crippen LogP contribution in [0.4, 0.5) is 8.78 Å². The van der Waals surface area contributed by atoms with Crippen LogP contribution in [0.3, 0.4) is 0 Å². The van der Waals surface area contributed by atoms with Gasteiger partial charge in [-0.2, -0.15) is 0 Å². The van der Waals surface area contributed by atoms with E-state index in [-0.39, 0.29) is 0 Å². The summed E-state index contributed by atoms with van der Waals surface area (Å²) in [5.74, 6) is -1.97. The van der Waals surface area contributed by atoms with Gasteiger partial charge in [-0.3, -0.25) is 0 Å². The third kappa shape index (κ3) is 2.32. The van der Waals surface area contributed by atoms with Gasteiger partial charge in [0.05, 0.1) is 0 Å². The number of phenols is 1. The van der Waals surface area contributed by atoms with Crippen LogP contribution in [0.1, 0.15) is 25.3 Å². The largest absolute Gasteiger partial charge is 0.503 e. The number of nitrogens with one attached hydrogen (secondary N) is 1. The number of hydrogen-bond acceptors (Lipinski definition) is 2. The van der Waals surface area contributed by atoms with Crippen LogP contribution in [0.5, 0.6) is 5.75 Å². The molecule has 0 radical (unpaired) electrons. The molecule has 0 atom stereocenters. The smallest absolute Gasteiger partial charge is 0.187 e. The van der Waals surface area contributed by atoms with Gasteiger partial charge in [-0.25, -0.2) is 8.78 Å². The molecule has 0 unspecified atom stereocenters. The molecule has 1 aromatic carbocycles. The molecular weight excluding hydrogens is 212 g/mol. The molecule has 0 aliphatic heterocycles. The topological polar surface area (TPSA) is 32.3 Å². The van der Waals surface area contributed by atoms with Crippen LogP contribution in [0.25, 0.3) is 0 Å². The summed E-state index contributed by atoms with van der Waals surface area (Å²) < 4.78 is 26.0. The molecule has 2 rings (SSSR count). The van der Waals surface area contributed by atoms with E-state index in [0.29, 0.717) is 18.2 Å². The molecule has 0 bridgehead atoms. The van der Waals surface area contributed by atoms with E-state index in [2.05, 4.69) is 12.2 Å². The molecule has 0 saturated heterocycles. The second kappa shape index (κ2) is 4.37. The first-order chi connectivity index (χ1) is 7.56. The lowest BCUT2D eigenvalue weighted by Gasteiger charge is -2.33. The predicted octanol–water partition coefficient (Wildman–Crippen LogP) is 2.56. The van der Waals surface area contributed by atoms with Gasteiger partial charge >= 0.3 is 0 Å². The molecule has 1 aliphatic carbocycles. The molecule has 16 heavy (non-hydrogen) atoms. The Morgan fingerprint density at radius 1 is 1.31 bits per heavy atom. The fourth-order valence-electron chi connectivity index (χ4n) is 2.05. The molecular formula is C12H15F2NO. The zero-order chi connectivity index (χ0) is 11.7. The lowest BCUT2D eigenvalue weighted by Crippen LogP contribution is -2.39. The maximum absolute atomic E-state index is 13.0. The molecule has 0 amide bonds. The molecule has 1 aliphatic rings. The summed E-state index contributed by atoms with van der Waals surface area (Å²) in [6, 6.07) is 2.77. The first kappa shape index (κ1) is 11.3. The van der Waals surface area contributed by atoms with Crippen molar-refractivity contribution in [3.8, 4) is 5.75 Å². The van der Waals surface area contributed by atoms with E-state index in [0.717, 1.165) is 30.9 Å². The Bertz CT molecular complexity index is 366. The van der Waals surface area contributed by atoms with Crippen molar-refractivity contribution in [2.24, 2.45) is 5.92 Å². The van der Waals surface area contributed by atoms with Crippen LogP contribution in [0.15, 0.2) is 12.1 Å². The van der Waals surface area contributed by atoms with Gasteiger partial charge in [0.15, 0.2) is 17.4 Å². The van der Waals surface area contributed by atoms with E-state index in [1.165, 1.54) is 0 Å². The average molecular weight is 227 g/mol. The number of benzene rings is 1. The van der Waals surface area contributed by atoms with Crippen LogP contribution in [0, 0.1) is 17.6 Å². The van der Waals surface area contributed by atoms with Crippen molar-refractivity contribution in [2.75, 3.05) is 0 Å². The zero-order valence-electron chi connectivity index (χ0n) is 9.13. The Balaban J connectivity index is 1.94. The summed E-state index contributed by atoms with van der Waals surface area (Å²) in [6.07, 6.45) is 2.23. The molecule has 1 aromatic rings. The third-order valence-electron chi connectivity index (χ3n) is 3.05. The molecule has 0 aromatic heterocycles. The van der Waals surface area contributed by atoms with Crippen LogP contribution in [-0.2, 0) is 6.54 Å². The standard InChI is InChI=1S/C12H15F2NO/c1-7-2-9(3-7)15-6-8-4-10(13)12(16)11(14)5-8/h4-5,7,9,15-16H,2-3,6H2,1H3. The van der Waals surface area contributed by atoms with E-state index < -0.39 is 17.4 Å². The lowest BCUT2D eigenvalue weighted by molar-refractivity contribution is 0.240. The number of phenolic OH excluding ortho intramolecular Hbond substituents is 1. The minimum Gasteiger partial charge on any atom is -0.503 e. The summed E-state index contributed by atoms with van der Waals surface area (Å²) in [5, 5.41) is 12.2. The summed E-state index contributed by atoms with van der Waals surface area (Å²) in [4.78, 5) is 0. The SMILES string of the molecule is CC1CC(NCc2cc(F)c(O)c(F)c2)C1. The van der Waals surface area contributed by atoms with Crippen molar-refractivity contribution < 1.29 is 13.9 Å². The zero-order valence-corrected chi connectivity index (χ0v) is 9.13. The van der Waals surface area contributed by atoms with Gasteiger partial charge in [0.2, 0.25) is 0 Å². The maximum Gasteiger partial charge on any atom is 0.187 e. The number of halogens is 2. The van der Waals surface area contributed by atoms with E-state index >= 15 is 0 Å². The van der Waals surface area contributed by atoms with Crippen LogP contribution in [0.2, 0.25) is 0 Å². The summed E-state index contributed by atoms with van der Waals surface area (Å²) in [7, 11) is 0. The van der Waals surface area contributed by atoms with Crippen molar-refractivity contribution in [2.45, 2.75) is 32.4 Å². The van der Waals surface area contributed by atoms with E-state index in [1.54, 1.807) is 0 Å². The van der Waals surface area contributed by atoms with Crippen molar-refractivity contribution in [1.29, 1.82) is 0 Å². The van der Waals surface area contributed by atoms with Crippen molar-refractivity contribution in [3.63, 3.8) is 0 Å². The van der Waals surface area contributed by atoms with Crippen molar-refractivity contribution >= 4 is 0 Å². The highest BCUT2D eigenvalue weighted by Crippen LogP contribution is 2.27. The van der Waals surface area contributed by atoms with Gasteiger partial charge in [-0.1, -0.05) is 6.92 Å². The fraction of sp³-hybridized carbons (Fsp3) is 0.500. The quantitative estimate of drug-likeness (QED) is 0.831. The second-order valence-corrected chi connectivity index (χ2v) is 4.56. The van der Waals surface area contributed by atoms with Gasteiger partial charge in [0.1, 0.15) is 0 Å².